The summed E-state index contributed by atoms with van der Waals surface area (Å²) in [5, 5.41) is 9.89. The molecule has 1 nitrogen and oxygen atoms in total. The van der Waals surface area contributed by atoms with E-state index in [1.807, 2.05) is 0 Å². The Morgan fingerprint density at radius 3 is 2.00 bits per heavy atom. The van der Waals surface area contributed by atoms with Crippen molar-refractivity contribution in [2.45, 2.75) is 39.0 Å². The average Bonchev–Trinajstić information content (AvgIpc) is 1.81. The van der Waals surface area contributed by atoms with Gasteiger partial charge in [-0.2, -0.15) is 0 Å². The van der Waals surface area contributed by atoms with Crippen LogP contribution in [0.5, 0.6) is 0 Å². The molecule has 0 saturated heterocycles. The van der Waals surface area contributed by atoms with E-state index in [1.54, 1.807) is 0 Å². The standard InChI is InChI=1S/C7H15O.K/c1-2-3-4-5-6-7-8;/h2-7H2,1H3;/q-1;+1. The molecule has 0 radical (unpaired) electrons. The maximum Gasteiger partial charge on any atom is 1.00 e. The minimum absolute atomic E-state index is 0. The van der Waals surface area contributed by atoms with Crippen LogP contribution < -0.4 is 56.5 Å². The molecule has 0 aliphatic carbocycles. The molecule has 0 atom stereocenters. The predicted octanol–water partition coefficient (Wildman–Crippen LogP) is -1.68. The first-order valence-electron chi connectivity index (χ1n) is 3.50. The summed E-state index contributed by atoms with van der Waals surface area (Å²) in [4.78, 5) is 0. The fourth-order valence-corrected chi connectivity index (χ4v) is 0.706. The van der Waals surface area contributed by atoms with Crippen LogP contribution in [0.25, 0.3) is 0 Å². The molecule has 0 aromatic heterocycles. The van der Waals surface area contributed by atoms with E-state index in [9.17, 15) is 5.11 Å². The normalized spacial score (nSPS) is 8.67. The van der Waals surface area contributed by atoms with E-state index >= 15 is 0 Å². The van der Waals surface area contributed by atoms with Crippen LogP contribution in [0.15, 0.2) is 0 Å². The van der Waals surface area contributed by atoms with Crippen LogP contribution in [0.3, 0.4) is 0 Å². The van der Waals surface area contributed by atoms with Gasteiger partial charge in [-0.15, -0.1) is 6.61 Å². The number of unbranched alkanes of at least 4 members (excludes halogenated alkanes) is 4. The van der Waals surface area contributed by atoms with Gasteiger partial charge in [0.15, 0.2) is 0 Å². The Morgan fingerprint density at radius 2 is 1.56 bits per heavy atom. The Kier molecular flexibility index (Phi) is 18.0. The third kappa shape index (κ3) is 12.7. The molecule has 9 heavy (non-hydrogen) atoms. The summed E-state index contributed by atoms with van der Waals surface area (Å²) in [5.41, 5.74) is 0. The molecule has 0 aromatic rings. The third-order valence-electron chi connectivity index (χ3n) is 1.25. The smallest absolute Gasteiger partial charge is 0.854 e. The monoisotopic (exact) mass is 154 g/mol. The molecule has 0 fully saturated rings. The van der Waals surface area contributed by atoms with Crippen LogP contribution >= 0.6 is 0 Å². The van der Waals surface area contributed by atoms with E-state index < -0.39 is 0 Å². The maximum absolute atomic E-state index is 9.89. The molecule has 0 aliphatic rings. The average molecular weight is 154 g/mol. The van der Waals surface area contributed by atoms with Crippen LogP contribution in [-0.2, 0) is 0 Å². The summed E-state index contributed by atoms with van der Waals surface area (Å²) in [6.45, 7) is 2.29. The summed E-state index contributed by atoms with van der Waals surface area (Å²) in [6.07, 6.45) is 5.81. The minimum atomic E-state index is 0. The van der Waals surface area contributed by atoms with E-state index in [-0.39, 0.29) is 58.0 Å². The molecule has 2 heteroatoms. The van der Waals surface area contributed by atoms with Gasteiger partial charge in [0.25, 0.3) is 0 Å². The van der Waals surface area contributed by atoms with E-state index in [0.717, 1.165) is 12.8 Å². The van der Waals surface area contributed by atoms with Crippen molar-refractivity contribution < 1.29 is 56.5 Å². The summed E-state index contributed by atoms with van der Waals surface area (Å²) < 4.78 is 0. The molecule has 0 unspecified atom stereocenters. The molecular weight excluding hydrogens is 139 g/mol. The van der Waals surface area contributed by atoms with Gasteiger partial charge in [-0.1, -0.05) is 39.0 Å². The molecule has 0 heterocycles. The van der Waals surface area contributed by atoms with Crippen molar-refractivity contribution in [2.24, 2.45) is 0 Å². The summed E-state index contributed by atoms with van der Waals surface area (Å²) in [7, 11) is 0. The number of hydrogen-bond acceptors (Lipinski definition) is 1. The van der Waals surface area contributed by atoms with Gasteiger partial charge in [-0.3, -0.25) is 0 Å². The van der Waals surface area contributed by atoms with E-state index in [1.165, 1.54) is 19.3 Å². The van der Waals surface area contributed by atoms with Crippen LogP contribution in [-0.4, -0.2) is 6.61 Å². The van der Waals surface area contributed by atoms with E-state index in [0.29, 0.717) is 0 Å². The Morgan fingerprint density at radius 1 is 1.00 bits per heavy atom. The summed E-state index contributed by atoms with van der Waals surface area (Å²) in [5.74, 6) is 0. The van der Waals surface area contributed by atoms with Crippen LogP contribution in [0.4, 0.5) is 0 Å². The molecule has 0 amide bonds. The zero-order valence-electron chi connectivity index (χ0n) is 6.65. The quantitative estimate of drug-likeness (QED) is 0.343. The van der Waals surface area contributed by atoms with Gasteiger partial charge in [-0.25, -0.2) is 0 Å². The molecule has 50 valence electrons. The molecule has 0 aliphatic heterocycles. The third-order valence-corrected chi connectivity index (χ3v) is 1.25. The van der Waals surface area contributed by atoms with Crippen molar-refractivity contribution in [1.82, 2.24) is 0 Å². The van der Waals surface area contributed by atoms with Gasteiger partial charge in [0.1, 0.15) is 0 Å². The zero-order valence-corrected chi connectivity index (χ0v) is 9.77. The zero-order chi connectivity index (χ0) is 6.24. The van der Waals surface area contributed by atoms with E-state index in [4.69, 9.17) is 0 Å². The Hall–Kier alpha value is 1.60. The predicted molar refractivity (Wildman–Crippen MR) is 33.6 cm³/mol. The molecule has 0 bridgehead atoms. The maximum atomic E-state index is 9.89. The minimum Gasteiger partial charge on any atom is -0.854 e. The molecular formula is C7H15KO. The van der Waals surface area contributed by atoms with Crippen LogP contribution in [0.1, 0.15) is 39.0 Å². The number of hydrogen-bond donors (Lipinski definition) is 0. The summed E-state index contributed by atoms with van der Waals surface area (Å²) >= 11 is 0. The topological polar surface area (TPSA) is 23.1 Å². The van der Waals surface area contributed by atoms with Crippen LogP contribution in [0.2, 0.25) is 0 Å². The molecule has 0 N–H and O–H groups in total. The van der Waals surface area contributed by atoms with Crippen molar-refractivity contribution in [3.63, 3.8) is 0 Å². The van der Waals surface area contributed by atoms with Gasteiger partial charge in [-0.05, 0) is 0 Å². The van der Waals surface area contributed by atoms with Crippen molar-refractivity contribution in [1.29, 1.82) is 0 Å². The molecule has 0 rings (SSSR count). The first-order chi connectivity index (χ1) is 3.91. The number of rotatable bonds is 5. The van der Waals surface area contributed by atoms with Crippen molar-refractivity contribution in [3.8, 4) is 0 Å². The van der Waals surface area contributed by atoms with Crippen molar-refractivity contribution >= 4 is 0 Å². The van der Waals surface area contributed by atoms with Gasteiger partial charge in [0.05, 0.1) is 0 Å². The fourth-order valence-electron chi connectivity index (χ4n) is 0.706. The van der Waals surface area contributed by atoms with Gasteiger partial charge < -0.3 is 5.11 Å². The van der Waals surface area contributed by atoms with Gasteiger partial charge in [0.2, 0.25) is 0 Å². The molecule has 0 aromatic carbocycles. The van der Waals surface area contributed by atoms with Crippen molar-refractivity contribution in [2.75, 3.05) is 6.61 Å². The largest absolute Gasteiger partial charge is 1.00 e. The second-order valence-corrected chi connectivity index (χ2v) is 2.12. The SMILES string of the molecule is CCCCCCC[O-].[K+]. The first kappa shape index (κ1) is 13.2. The van der Waals surface area contributed by atoms with Gasteiger partial charge >= 0.3 is 51.4 Å². The van der Waals surface area contributed by atoms with Gasteiger partial charge in [0, 0.05) is 0 Å². The van der Waals surface area contributed by atoms with Crippen molar-refractivity contribution in [3.05, 3.63) is 0 Å². The Balaban J connectivity index is 0. The van der Waals surface area contributed by atoms with E-state index in [2.05, 4.69) is 6.92 Å². The summed E-state index contributed by atoms with van der Waals surface area (Å²) in [6, 6.07) is 0. The molecule has 0 saturated carbocycles. The second kappa shape index (κ2) is 12.3. The molecule has 0 spiro atoms. The first-order valence-corrected chi connectivity index (χ1v) is 3.50. The fraction of sp³-hybridized carbons (Fsp3) is 1.00. The second-order valence-electron chi connectivity index (χ2n) is 2.12. The van der Waals surface area contributed by atoms with Crippen LogP contribution in [0, 0.1) is 0 Å². The Bertz CT molecular complexity index is 33.9. The Labute approximate surface area is 101 Å².